The van der Waals surface area contributed by atoms with E-state index in [1.807, 2.05) is 60.4 Å². The van der Waals surface area contributed by atoms with E-state index in [2.05, 4.69) is 27.6 Å². The van der Waals surface area contributed by atoms with Crippen LogP contribution in [0.15, 0.2) is 60.7 Å². The van der Waals surface area contributed by atoms with Gasteiger partial charge in [-0.2, -0.15) is 5.10 Å². The van der Waals surface area contributed by atoms with Gasteiger partial charge in [-0.15, -0.1) is 0 Å². The molecule has 2 atom stereocenters. The van der Waals surface area contributed by atoms with Gasteiger partial charge in [0.25, 0.3) is 0 Å². The Bertz CT molecular complexity index is 1090. The zero-order chi connectivity index (χ0) is 21.4. The molecule has 0 radical (unpaired) electrons. The van der Waals surface area contributed by atoms with Gasteiger partial charge in [0, 0.05) is 29.8 Å². The molecular weight excluding hydrogens is 388 g/mol. The van der Waals surface area contributed by atoms with Crippen molar-refractivity contribution >= 4 is 23.3 Å². The van der Waals surface area contributed by atoms with Crippen molar-refractivity contribution in [3.8, 4) is 0 Å². The molecule has 0 bridgehead atoms. The summed E-state index contributed by atoms with van der Waals surface area (Å²) in [5, 5.41) is 10.1. The first-order valence-electron chi connectivity index (χ1n) is 10.9. The number of H-pyrrole nitrogens is 1. The summed E-state index contributed by atoms with van der Waals surface area (Å²) in [7, 11) is 0. The largest absolute Gasteiger partial charge is 0.309 e. The van der Waals surface area contributed by atoms with E-state index in [1.165, 1.54) is 12.8 Å². The highest BCUT2D eigenvalue weighted by molar-refractivity contribution is 5.97. The number of carbonyl (C=O) groups is 2. The molecule has 6 heteroatoms. The van der Waals surface area contributed by atoms with Crippen LogP contribution >= 0.6 is 0 Å². The number of rotatable bonds is 6. The number of hydrogen-bond donors (Lipinski definition) is 2. The Morgan fingerprint density at radius 2 is 1.84 bits per heavy atom. The molecule has 2 amide bonds. The molecule has 5 rings (SSSR count). The van der Waals surface area contributed by atoms with E-state index < -0.39 is 0 Å². The van der Waals surface area contributed by atoms with E-state index in [0.29, 0.717) is 18.2 Å². The van der Waals surface area contributed by atoms with E-state index in [1.54, 1.807) is 0 Å². The maximum atomic E-state index is 12.7. The first-order valence-corrected chi connectivity index (χ1v) is 10.9. The number of aromatic nitrogens is 2. The smallest absolute Gasteiger partial charge is 0.232 e. The van der Waals surface area contributed by atoms with Gasteiger partial charge in [0.05, 0.1) is 12.0 Å². The van der Waals surface area contributed by atoms with Crippen molar-refractivity contribution in [3.63, 3.8) is 0 Å². The van der Waals surface area contributed by atoms with Crippen LogP contribution in [0.2, 0.25) is 0 Å². The molecule has 158 valence electrons. The van der Waals surface area contributed by atoms with E-state index in [9.17, 15) is 9.59 Å². The fourth-order valence-corrected chi connectivity index (χ4v) is 4.31. The van der Waals surface area contributed by atoms with Gasteiger partial charge in [-0.25, -0.2) is 0 Å². The minimum absolute atomic E-state index is 0.0561. The topological polar surface area (TPSA) is 78.1 Å². The van der Waals surface area contributed by atoms with Crippen LogP contribution < -0.4 is 10.2 Å². The molecule has 2 aliphatic rings. The van der Waals surface area contributed by atoms with Crippen LogP contribution in [0.1, 0.15) is 67.3 Å². The second-order valence-electron chi connectivity index (χ2n) is 8.51. The number of aromatic amines is 1. The van der Waals surface area contributed by atoms with Crippen LogP contribution in [-0.2, 0) is 9.59 Å². The first-order chi connectivity index (χ1) is 15.1. The molecule has 1 saturated carbocycles. The zero-order valence-corrected chi connectivity index (χ0v) is 17.5. The Morgan fingerprint density at radius 3 is 2.55 bits per heavy atom. The lowest BCUT2D eigenvalue weighted by molar-refractivity contribution is -0.118. The van der Waals surface area contributed by atoms with Crippen molar-refractivity contribution in [1.82, 2.24) is 10.2 Å². The monoisotopic (exact) mass is 414 g/mol. The van der Waals surface area contributed by atoms with Gasteiger partial charge in [0.1, 0.15) is 0 Å². The third-order valence-electron chi connectivity index (χ3n) is 6.33. The fourth-order valence-electron chi connectivity index (χ4n) is 4.31. The summed E-state index contributed by atoms with van der Waals surface area (Å²) < 4.78 is 0. The second kappa shape index (κ2) is 8.02. The molecule has 2 aromatic carbocycles. The number of benzene rings is 2. The summed E-state index contributed by atoms with van der Waals surface area (Å²) in [5.41, 5.74) is 4.02. The molecule has 2 unspecified atom stereocenters. The van der Waals surface area contributed by atoms with Gasteiger partial charge in [0.2, 0.25) is 11.8 Å². The van der Waals surface area contributed by atoms with E-state index in [0.717, 1.165) is 28.9 Å². The number of amides is 2. The summed E-state index contributed by atoms with van der Waals surface area (Å²) in [6, 6.07) is 19.9. The highest BCUT2D eigenvalue weighted by Gasteiger charge is 2.33. The summed E-state index contributed by atoms with van der Waals surface area (Å²) >= 11 is 0. The van der Waals surface area contributed by atoms with Crippen molar-refractivity contribution in [3.05, 3.63) is 77.5 Å². The number of nitrogens with one attached hydrogen (secondary N) is 2. The first kappa shape index (κ1) is 19.5. The van der Waals surface area contributed by atoms with Crippen molar-refractivity contribution in [1.29, 1.82) is 0 Å². The molecule has 1 aromatic heterocycles. The fraction of sp³-hybridized carbons (Fsp3) is 0.320. The normalized spacial score (nSPS) is 19.5. The third-order valence-corrected chi connectivity index (χ3v) is 6.33. The van der Waals surface area contributed by atoms with Gasteiger partial charge in [-0.1, -0.05) is 42.5 Å². The molecule has 6 nitrogen and oxygen atoms in total. The quantitative estimate of drug-likeness (QED) is 0.602. The lowest BCUT2D eigenvalue weighted by Gasteiger charge is -2.26. The zero-order valence-electron chi connectivity index (χ0n) is 17.5. The standard InChI is InChI=1S/C25H26N4O2/c1-16(25(31)26-23-15-21(27-28-23)18-7-8-18)17-9-11-20(12-10-17)29-22(13-14-24(29)30)19-5-3-2-4-6-19/h2-6,9-12,15-16,18,22H,7-8,13-14H2,1H3,(H2,26,27,28,31). The van der Waals surface area contributed by atoms with E-state index >= 15 is 0 Å². The minimum Gasteiger partial charge on any atom is -0.309 e. The van der Waals surface area contributed by atoms with Crippen molar-refractivity contribution in [2.75, 3.05) is 10.2 Å². The summed E-state index contributed by atoms with van der Waals surface area (Å²) in [4.78, 5) is 27.2. The Balaban J connectivity index is 1.29. The van der Waals surface area contributed by atoms with Crippen molar-refractivity contribution in [2.24, 2.45) is 0 Å². The molecule has 2 heterocycles. The van der Waals surface area contributed by atoms with Crippen molar-refractivity contribution < 1.29 is 9.59 Å². The van der Waals surface area contributed by atoms with Gasteiger partial charge in [-0.3, -0.25) is 14.7 Å². The summed E-state index contributed by atoms with van der Waals surface area (Å²) in [6.45, 7) is 1.88. The summed E-state index contributed by atoms with van der Waals surface area (Å²) in [5.74, 6) is 0.854. The van der Waals surface area contributed by atoms with Gasteiger partial charge in [0.15, 0.2) is 5.82 Å². The van der Waals surface area contributed by atoms with Crippen LogP contribution in [0.4, 0.5) is 11.5 Å². The van der Waals surface area contributed by atoms with Crippen LogP contribution in [0.5, 0.6) is 0 Å². The number of hydrogen-bond acceptors (Lipinski definition) is 3. The third kappa shape index (κ3) is 3.98. The van der Waals surface area contributed by atoms with Crippen LogP contribution in [0.3, 0.4) is 0 Å². The van der Waals surface area contributed by atoms with Crippen LogP contribution in [-0.4, -0.2) is 22.0 Å². The predicted octanol–water partition coefficient (Wildman–Crippen LogP) is 4.90. The van der Waals surface area contributed by atoms with Gasteiger partial charge < -0.3 is 10.2 Å². The number of nitrogens with zero attached hydrogens (tertiary/aromatic N) is 2. The molecule has 3 aromatic rings. The summed E-state index contributed by atoms with van der Waals surface area (Å²) in [6.07, 6.45) is 3.73. The molecule has 1 saturated heterocycles. The second-order valence-corrected chi connectivity index (χ2v) is 8.51. The lowest BCUT2D eigenvalue weighted by Crippen LogP contribution is -2.27. The Kier molecular flexibility index (Phi) is 5.06. The number of carbonyl (C=O) groups excluding carboxylic acids is 2. The van der Waals surface area contributed by atoms with E-state index in [4.69, 9.17) is 0 Å². The SMILES string of the molecule is CC(C(=O)Nc1cc(C2CC2)[nH]n1)c1ccc(N2C(=O)CCC2c2ccccc2)cc1. The Hall–Kier alpha value is -3.41. The molecule has 2 fully saturated rings. The molecule has 1 aliphatic heterocycles. The molecule has 31 heavy (non-hydrogen) atoms. The molecular formula is C25H26N4O2. The number of anilines is 2. The molecule has 1 aliphatic carbocycles. The maximum Gasteiger partial charge on any atom is 0.232 e. The minimum atomic E-state index is -0.325. The van der Waals surface area contributed by atoms with E-state index in [-0.39, 0.29) is 23.8 Å². The Morgan fingerprint density at radius 1 is 1.10 bits per heavy atom. The predicted molar refractivity (Wildman–Crippen MR) is 120 cm³/mol. The molecule has 0 spiro atoms. The Labute approximate surface area is 181 Å². The van der Waals surface area contributed by atoms with Crippen LogP contribution in [0, 0.1) is 0 Å². The van der Waals surface area contributed by atoms with Gasteiger partial charge >= 0.3 is 0 Å². The van der Waals surface area contributed by atoms with Gasteiger partial charge in [-0.05, 0) is 49.4 Å². The highest BCUT2D eigenvalue weighted by atomic mass is 16.2. The average Bonchev–Trinajstić information content (AvgIpc) is 3.43. The average molecular weight is 415 g/mol. The van der Waals surface area contributed by atoms with Crippen LogP contribution in [0.25, 0.3) is 0 Å². The highest BCUT2D eigenvalue weighted by Crippen LogP contribution is 2.40. The lowest BCUT2D eigenvalue weighted by atomic mass is 9.99. The van der Waals surface area contributed by atoms with Crippen molar-refractivity contribution in [2.45, 2.75) is 50.5 Å². The maximum absolute atomic E-state index is 12.7. The molecule has 2 N–H and O–H groups in total.